The van der Waals surface area contributed by atoms with E-state index in [-0.39, 0.29) is 6.54 Å². The van der Waals surface area contributed by atoms with Crippen LogP contribution < -0.4 is 16.0 Å². The molecule has 1 aliphatic rings. The largest absolute Gasteiger partial charge is 0.389 e. The second-order valence-electron chi connectivity index (χ2n) is 4.34. The van der Waals surface area contributed by atoms with E-state index in [1.807, 2.05) is 4.98 Å². The standard InChI is InChI=1S/C9H13N3O5S/c13-7-6(4-10-8(14)12-7)18(16,17)11-5-9(15)2-1-3-9/h4,11,15H,1-3,5H2,(H2,10,12,13,14). The molecule has 1 fully saturated rings. The van der Waals surface area contributed by atoms with Crippen LogP contribution in [0, 0.1) is 0 Å². The summed E-state index contributed by atoms with van der Waals surface area (Å²) in [6.45, 7) is -0.145. The minimum Gasteiger partial charge on any atom is -0.389 e. The number of hydrogen-bond donors (Lipinski definition) is 4. The molecule has 100 valence electrons. The number of nitrogens with one attached hydrogen (secondary N) is 3. The maximum absolute atomic E-state index is 11.8. The number of aliphatic hydroxyl groups is 1. The van der Waals surface area contributed by atoms with Gasteiger partial charge in [-0.15, -0.1) is 0 Å². The van der Waals surface area contributed by atoms with Crippen molar-refractivity contribution >= 4 is 10.0 Å². The van der Waals surface area contributed by atoms with Crippen LogP contribution in [0.5, 0.6) is 0 Å². The first kappa shape index (κ1) is 13.0. The number of rotatable bonds is 4. The van der Waals surface area contributed by atoms with Gasteiger partial charge in [0.25, 0.3) is 5.56 Å². The monoisotopic (exact) mass is 275 g/mol. The molecule has 0 unspecified atom stereocenters. The van der Waals surface area contributed by atoms with Crippen molar-refractivity contribution in [3.63, 3.8) is 0 Å². The van der Waals surface area contributed by atoms with Crippen LogP contribution in [0.15, 0.2) is 20.7 Å². The first-order valence-corrected chi connectivity index (χ1v) is 6.85. The van der Waals surface area contributed by atoms with Gasteiger partial charge in [-0.05, 0) is 19.3 Å². The van der Waals surface area contributed by atoms with Crippen LogP contribution in [-0.4, -0.2) is 35.6 Å². The molecule has 0 aliphatic heterocycles. The van der Waals surface area contributed by atoms with Gasteiger partial charge in [0, 0.05) is 12.7 Å². The fourth-order valence-electron chi connectivity index (χ4n) is 1.67. The Morgan fingerprint density at radius 3 is 2.56 bits per heavy atom. The smallest absolute Gasteiger partial charge is 0.325 e. The van der Waals surface area contributed by atoms with E-state index in [2.05, 4.69) is 9.71 Å². The minimum absolute atomic E-state index is 0.145. The zero-order valence-corrected chi connectivity index (χ0v) is 10.2. The molecule has 2 rings (SSSR count). The molecule has 0 radical (unpaired) electrons. The van der Waals surface area contributed by atoms with Gasteiger partial charge in [-0.1, -0.05) is 0 Å². The Balaban J connectivity index is 2.20. The van der Waals surface area contributed by atoms with Crippen molar-refractivity contribution in [1.82, 2.24) is 14.7 Å². The molecule has 1 aromatic rings. The first-order valence-electron chi connectivity index (χ1n) is 5.37. The van der Waals surface area contributed by atoms with Crippen LogP contribution in [0.1, 0.15) is 19.3 Å². The number of aromatic amines is 2. The molecule has 4 N–H and O–H groups in total. The molecule has 1 saturated carbocycles. The van der Waals surface area contributed by atoms with Gasteiger partial charge < -0.3 is 10.1 Å². The van der Waals surface area contributed by atoms with E-state index in [1.54, 1.807) is 0 Å². The summed E-state index contributed by atoms with van der Waals surface area (Å²) in [6, 6.07) is 0. The Morgan fingerprint density at radius 2 is 2.06 bits per heavy atom. The molecular weight excluding hydrogens is 262 g/mol. The fourth-order valence-corrected chi connectivity index (χ4v) is 2.79. The van der Waals surface area contributed by atoms with Gasteiger partial charge >= 0.3 is 5.69 Å². The van der Waals surface area contributed by atoms with Gasteiger partial charge in [-0.3, -0.25) is 9.78 Å². The lowest BCUT2D eigenvalue weighted by Gasteiger charge is -2.36. The van der Waals surface area contributed by atoms with Crippen molar-refractivity contribution in [3.8, 4) is 0 Å². The normalized spacial score (nSPS) is 18.3. The van der Waals surface area contributed by atoms with Crippen LogP contribution in [0.4, 0.5) is 0 Å². The van der Waals surface area contributed by atoms with Crippen LogP contribution >= 0.6 is 0 Å². The Kier molecular flexibility index (Phi) is 3.13. The topological polar surface area (TPSA) is 132 Å². The molecule has 9 heteroatoms. The Hall–Kier alpha value is -1.45. The highest BCUT2D eigenvalue weighted by Gasteiger charge is 2.35. The van der Waals surface area contributed by atoms with Crippen LogP contribution in [0.3, 0.4) is 0 Å². The summed E-state index contributed by atoms with van der Waals surface area (Å²) in [7, 11) is -4.04. The second-order valence-corrected chi connectivity index (χ2v) is 6.07. The third-order valence-corrected chi connectivity index (χ3v) is 4.36. The zero-order valence-electron chi connectivity index (χ0n) is 9.39. The number of H-pyrrole nitrogens is 2. The summed E-state index contributed by atoms with van der Waals surface area (Å²) in [5, 5.41) is 9.76. The summed E-state index contributed by atoms with van der Waals surface area (Å²) in [6.07, 6.45) is 2.72. The van der Waals surface area contributed by atoms with Gasteiger partial charge in [0.15, 0.2) is 4.90 Å². The van der Waals surface area contributed by atoms with Crippen LogP contribution in [-0.2, 0) is 10.0 Å². The molecule has 18 heavy (non-hydrogen) atoms. The van der Waals surface area contributed by atoms with E-state index in [0.29, 0.717) is 12.8 Å². The summed E-state index contributed by atoms with van der Waals surface area (Å²) >= 11 is 0. The number of hydrogen-bond acceptors (Lipinski definition) is 5. The lowest BCUT2D eigenvalue weighted by Crippen LogP contribution is -2.48. The molecular formula is C9H13N3O5S. The highest BCUT2D eigenvalue weighted by Crippen LogP contribution is 2.30. The molecule has 0 spiro atoms. The quantitative estimate of drug-likeness (QED) is 0.517. The minimum atomic E-state index is -4.04. The van der Waals surface area contributed by atoms with E-state index in [9.17, 15) is 23.1 Å². The SMILES string of the molecule is O=c1[nH]cc(S(=O)(=O)NCC2(O)CCC2)c(=O)[nH]1. The lowest BCUT2D eigenvalue weighted by molar-refractivity contribution is -0.0271. The Labute approximate surface area is 102 Å². The molecule has 8 nitrogen and oxygen atoms in total. The molecule has 0 bridgehead atoms. The first-order chi connectivity index (χ1) is 8.32. The number of sulfonamides is 1. The third-order valence-electron chi connectivity index (χ3n) is 2.95. The van der Waals surface area contributed by atoms with Crippen LogP contribution in [0.2, 0.25) is 0 Å². The maximum atomic E-state index is 11.8. The highest BCUT2D eigenvalue weighted by molar-refractivity contribution is 7.89. The van der Waals surface area contributed by atoms with Crippen LogP contribution in [0.25, 0.3) is 0 Å². The van der Waals surface area contributed by atoms with Gasteiger partial charge in [0.1, 0.15) is 0 Å². The maximum Gasteiger partial charge on any atom is 0.325 e. The van der Waals surface area contributed by atoms with E-state index in [4.69, 9.17) is 0 Å². The molecule has 0 aromatic carbocycles. The molecule has 0 atom stereocenters. The molecule has 0 saturated heterocycles. The summed E-state index contributed by atoms with van der Waals surface area (Å²) in [5.74, 6) is 0. The van der Waals surface area contributed by atoms with Gasteiger partial charge in [-0.25, -0.2) is 17.9 Å². The fraction of sp³-hybridized carbons (Fsp3) is 0.556. The average molecular weight is 275 g/mol. The Bertz CT molecular complexity index is 655. The molecule has 1 aliphatic carbocycles. The predicted octanol–water partition coefficient (Wildman–Crippen LogP) is -1.74. The lowest BCUT2D eigenvalue weighted by atomic mass is 9.81. The van der Waals surface area contributed by atoms with Crippen molar-refractivity contribution in [2.75, 3.05) is 6.54 Å². The van der Waals surface area contributed by atoms with Gasteiger partial charge in [0.2, 0.25) is 10.0 Å². The molecule has 1 aromatic heterocycles. The van der Waals surface area contributed by atoms with E-state index in [1.165, 1.54) is 0 Å². The van der Waals surface area contributed by atoms with Crippen molar-refractivity contribution < 1.29 is 13.5 Å². The third kappa shape index (κ3) is 2.52. The average Bonchev–Trinajstić information content (AvgIpc) is 2.23. The van der Waals surface area contributed by atoms with E-state index in [0.717, 1.165) is 12.6 Å². The van der Waals surface area contributed by atoms with Crippen molar-refractivity contribution in [2.45, 2.75) is 29.8 Å². The van der Waals surface area contributed by atoms with Gasteiger partial charge in [-0.2, -0.15) is 0 Å². The summed E-state index contributed by atoms with van der Waals surface area (Å²) in [5.41, 5.74) is -2.80. The van der Waals surface area contributed by atoms with Gasteiger partial charge in [0.05, 0.1) is 5.60 Å². The van der Waals surface area contributed by atoms with Crippen molar-refractivity contribution in [2.24, 2.45) is 0 Å². The predicted molar refractivity (Wildman–Crippen MR) is 61.7 cm³/mol. The van der Waals surface area contributed by atoms with E-state index >= 15 is 0 Å². The molecule has 1 heterocycles. The summed E-state index contributed by atoms with van der Waals surface area (Å²) in [4.78, 5) is 25.4. The van der Waals surface area contributed by atoms with E-state index < -0.39 is 31.8 Å². The zero-order chi connectivity index (χ0) is 13.4. The Morgan fingerprint density at radius 1 is 1.39 bits per heavy atom. The molecule has 0 amide bonds. The summed E-state index contributed by atoms with van der Waals surface area (Å²) < 4.78 is 25.7. The second kappa shape index (κ2) is 4.34. The number of aromatic nitrogens is 2. The highest BCUT2D eigenvalue weighted by atomic mass is 32.2. The van der Waals surface area contributed by atoms with Crippen molar-refractivity contribution in [3.05, 3.63) is 27.0 Å². The van der Waals surface area contributed by atoms with Crippen molar-refractivity contribution in [1.29, 1.82) is 0 Å².